The van der Waals surface area contributed by atoms with Crippen molar-refractivity contribution in [3.05, 3.63) is 11.6 Å². The van der Waals surface area contributed by atoms with Crippen LogP contribution in [0, 0.1) is 34.5 Å². The zero-order valence-corrected chi connectivity index (χ0v) is 26.2. The Bertz CT molecular complexity index is 1210. The maximum Gasteiger partial charge on any atom is 0.326 e. The number of hydrogen-bond donors (Lipinski definition) is 2. The molecule has 238 valence electrons. The molecule has 10 heteroatoms. The Morgan fingerprint density at radius 3 is 2.37 bits per heavy atom. The first-order valence-corrected chi connectivity index (χ1v) is 15.8. The first-order chi connectivity index (χ1) is 20.2. The largest absolute Gasteiger partial charge is 0.480 e. The van der Waals surface area contributed by atoms with Crippen LogP contribution in [0.25, 0.3) is 0 Å². The third kappa shape index (κ3) is 6.03. The summed E-state index contributed by atoms with van der Waals surface area (Å²) in [5.74, 6) is -2.68. The van der Waals surface area contributed by atoms with E-state index in [9.17, 15) is 33.9 Å². The minimum Gasteiger partial charge on any atom is -0.480 e. The molecule has 0 unspecified atom stereocenters. The molecule has 10 nitrogen and oxygen atoms in total. The lowest BCUT2D eigenvalue weighted by atomic mass is 9.46. The molecule has 0 heterocycles. The van der Waals surface area contributed by atoms with Crippen molar-refractivity contribution < 1.29 is 43.3 Å². The fourth-order valence-electron chi connectivity index (χ4n) is 8.96. The highest BCUT2D eigenvalue weighted by molar-refractivity contribution is 5.94. The third-order valence-electron chi connectivity index (χ3n) is 11.6. The van der Waals surface area contributed by atoms with Crippen LogP contribution < -0.4 is 5.32 Å². The van der Waals surface area contributed by atoms with Crippen LogP contribution in [0.1, 0.15) is 105 Å². The van der Waals surface area contributed by atoms with E-state index in [0.717, 1.165) is 32.1 Å². The second-order valence-corrected chi connectivity index (χ2v) is 13.7. The average Bonchev–Trinajstić information content (AvgIpc) is 3.25. The van der Waals surface area contributed by atoms with Crippen molar-refractivity contribution in [2.75, 3.05) is 6.61 Å². The topological polar surface area (TPSA) is 153 Å². The maximum absolute atomic E-state index is 13.9. The van der Waals surface area contributed by atoms with E-state index in [1.807, 2.05) is 19.9 Å². The average molecular weight is 602 g/mol. The van der Waals surface area contributed by atoms with E-state index in [1.165, 1.54) is 12.5 Å². The minimum atomic E-state index is -1.41. The van der Waals surface area contributed by atoms with Gasteiger partial charge in [0.25, 0.3) is 0 Å². The first-order valence-electron chi connectivity index (χ1n) is 15.8. The Balaban J connectivity index is 1.42. The van der Waals surface area contributed by atoms with Crippen molar-refractivity contribution in [3.8, 4) is 0 Å². The molecule has 8 atom stereocenters. The zero-order valence-electron chi connectivity index (χ0n) is 26.2. The van der Waals surface area contributed by atoms with Gasteiger partial charge in [-0.2, -0.15) is 0 Å². The number of nitrogens with one attached hydrogen (secondary N) is 1. The summed E-state index contributed by atoms with van der Waals surface area (Å²) in [5, 5.41) is 11.8. The number of carbonyl (C=O) groups is 6. The van der Waals surface area contributed by atoms with Gasteiger partial charge in [-0.25, -0.2) is 4.79 Å². The monoisotopic (exact) mass is 601 g/mol. The number of hydrogen-bond acceptors (Lipinski definition) is 8. The number of fused-ring (bicyclic) bond motifs is 5. The second kappa shape index (κ2) is 12.5. The van der Waals surface area contributed by atoms with Crippen molar-refractivity contribution in [1.82, 2.24) is 5.32 Å². The maximum atomic E-state index is 13.9. The molecule has 1 amide bonds. The SMILES string of the molecule is CC[C@H](C)[C@H](NC(=O)CCC(=O)OCC(=O)[C@@]1(OC(C)=O)CC[C@@H]2[C@H]3CCC4=CC(=O)CC[C@]4(C)[C@H]3CC[C@@]21C)C(=O)O. The number of esters is 2. The molecule has 3 fully saturated rings. The van der Waals surface area contributed by atoms with Gasteiger partial charge in [0.2, 0.25) is 11.7 Å². The summed E-state index contributed by atoms with van der Waals surface area (Å²) in [6.45, 7) is 8.60. The molecule has 0 aliphatic heterocycles. The molecular formula is C33H47NO9. The summed E-state index contributed by atoms with van der Waals surface area (Å²) in [5.41, 5.74) is -0.799. The lowest BCUT2D eigenvalue weighted by Crippen LogP contribution is -2.59. The van der Waals surface area contributed by atoms with Crippen LogP contribution >= 0.6 is 0 Å². The Hall–Kier alpha value is -3.04. The minimum absolute atomic E-state index is 0.0320. The number of carbonyl (C=O) groups excluding carboxylic acids is 5. The molecule has 0 aromatic rings. The molecule has 4 aliphatic carbocycles. The number of carboxylic acids is 1. The quantitative estimate of drug-likeness (QED) is 0.330. The summed E-state index contributed by atoms with van der Waals surface area (Å²) in [6.07, 6.45) is 7.67. The fourth-order valence-corrected chi connectivity index (χ4v) is 8.96. The van der Waals surface area contributed by atoms with Crippen LogP contribution in [0.2, 0.25) is 0 Å². The van der Waals surface area contributed by atoms with E-state index in [1.54, 1.807) is 6.92 Å². The zero-order chi connectivity index (χ0) is 31.7. The van der Waals surface area contributed by atoms with Crippen LogP contribution in [0.15, 0.2) is 11.6 Å². The van der Waals surface area contributed by atoms with Crippen molar-refractivity contribution in [2.24, 2.45) is 34.5 Å². The number of ether oxygens (including phenoxy) is 2. The van der Waals surface area contributed by atoms with E-state index in [4.69, 9.17) is 9.47 Å². The predicted molar refractivity (Wildman–Crippen MR) is 155 cm³/mol. The number of aliphatic carboxylic acids is 1. The summed E-state index contributed by atoms with van der Waals surface area (Å²) in [4.78, 5) is 74.8. The highest BCUT2D eigenvalue weighted by Crippen LogP contribution is 2.68. The lowest BCUT2D eigenvalue weighted by molar-refractivity contribution is -0.191. The molecule has 0 aromatic carbocycles. The van der Waals surface area contributed by atoms with Crippen molar-refractivity contribution >= 4 is 35.4 Å². The third-order valence-corrected chi connectivity index (χ3v) is 11.6. The van der Waals surface area contributed by atoms with E-state index < -0.39 is 53.3 Å². The molecule has 4 aliphatic rings. The van der Waals surface area contributed by atoms with E-state index >= 15 is 0 Å². The molecule has 43 heavy (non-hydrogen) atoms. The van der Waals surface area contributed by atoms with Gasteiger partial charge in [-0.05, 0) is 80.1 Å². The second-order valence-electron chi connectivity index (χ2n) is 13.7. The highest BCUT2D eigenvalue weighted by atomic mass is 16.6. The number of rotatable bonds is 11. The van der Waals surface area contributed by atoms with Crippen LogP contribution in [0.5, 0.6) is 0 Å². The number of Topliss-reactive ketones (excluding diaryl/α,β-unsaturated/α-hetero) is 1. The Kier molecular flexibility index (Phi) is 9.57. The highest BCUT2D eigenvalue weighted by Gasteiger charge is 2.68. The van der Waals surface area contributed by atoms with Crippen LogP contribution in [-0.2, 0) is 38.2 Å². The molecule has 2 N–H and O–H groups in total. The van der Waals surface area contributed by atoms with Crippen LogP contribution in [-0.4, -0.2) is 58.7 Å². The van der Waals surface area contributed by atoms with Crippen molar-refractivity contribution in [2.45, 2.75) is 117 Å². The summed E-state index contributed by atoms with van der Waals surface area (Å²) < 4.78 is 11.2. The normalized spacial score (nSPS) is 34.4. The van der Waals surface area contributed by atoms with Crippen molar-refractivity contribution in [3.63, 3.8) is 0 Å². The predicted octanol–water partition coefficient (Wildman–Crippen LogP) is 4.33. The Labute approximate surface area is 253 Å². The van der Waals surface area contributed by atoms with E-state index in [-0.39, 0.29) is 35.9 Å². The Morgan fingerprint density at radius 1 is 1.02 bits per heavy atom. The van der Waals surface area contributed by atoms with E-state index in [2.05, 4.69) is 12.2 Å². The number of allylic oxidation sites excluding steroid dienone is 1. The van der Waals surface area contributed by atoms with Gasteiger partial charge in [0, 0.05) is 25.2 Å². The molecule has 3 saturated carbocycles. The molecule has 0 aromatic heterocycles. The van der Waals surface area contributed by atoms with Gasteiger partial charge in [0.05, 0.1) is 6.42 Å². The molecule has 0 bridgehead atoms. The van der Waals surface area contributed by atoms with Crippen LogP contribution in [0.4, 0.5) is 0 Å². The fraction of sp³-hybridized carbons (Fsp3) is 0.758. The van der Waals surface area contributed by atoms with Crippen LogP contribution in [0.3, 0.4) is 0 Å². The van der Waals surface area contributed by atoms with Crippen molar-refractivity contribution in [1.29, 1.82) is 0 Å². The van der Waals surface area contributed by atoms with Gasteiger partial charge in [0.1, 0.15) is 6.04 Å². The molecule has 0 spiro atoms. The van der Waals surface area contributed by atoms with Gasteiger partial charge in [-0.1, -0.05) is 39.7 Å². The number of ketones is 2. The van der Waals surface area contributed by atoms with E-state index in [0.29, 0.717) is 37.5 Å². The molecule has 4 rings (SSSR count). The number of carboxylic acid groups (broad SMARTS) is 1. The molecule has 0 radical (unpaired) electrons. The van der Waals surface area contributed by atoms with Gasteiger partial charge < -0.3 is 19.9 Å². The summed E-state index contributed by atoms with van der Waals surface area (Å²) in [7, 11) is 0. The van der Waals surface area contributed by atoms with Gasteiger partial charge in [-0.15, -0.1) is 0 Å². The van der Waals surface area contributed by atoms with Gasteiger partial charge in [0.15, 0.2) is 18.0 Å². The molecule has 0 saturated heterocycles. The molecular weight excluding hydrogens is 554 g/mol. The lowest BCUT2D eigenvalue weighted by Gasteiger charge is -2.59. The summed E-state index contributed by atoms with van der Waals surface area (Å²) >= 11 is 0. The van der Waals surface area contributed by atoms with Gasteiger partial charge >= 0.3 is 17.9 Å². The summed E-state index contributed by atoms with van der Waals surface area (Å²) in [6, 6.07) is -1.06. The smallest absolute Gasteiger partial charge is 0.326 e. The standard InChI is InChI=1S/C33H47NO9/c1-6-19(2)29(30(40)41)34-27(38)9-10-28(39)42-18-26(37)33(43-20(3)35)16-13-25-23-8-7-21-17-22(36)11-14-31(21,4)24(23)12-15-32(25,33)5/h17,19,23-25,29H,6-16,18H2,1-5H3,(H,34,38)(H,40,41)/t19-,23-,24-,25+,29-,31-,32-,33-/m0/s1. The Morgan fingerprint density at radius 2 is 1.72 bits per heavy atom. The first kappa shape index (κ1) is 32.9. The van der Waals surface area contributed by atoms with Gasteiger partial charge in [-0.3, -0.25) is 24.0 Å². The number of amides is 1.